The Balaban J connectivity index is 3.03. The van der Waals surface area contributed by atoms with Crippen molar-refractivity contribution in [3.8, 4) is 0 Å². The summed E-state index contributed by atoms with van der Waals surface area (Å²) in [6.45, 7) is 4.27. The molecule has 0 saturated heterocycles. The predicted molar refractivity (Wildman–Crippen MR) is 63.8 cm³/mol. The van der Waals surface area contributed by atoms with Crippen LogP contribution in [-0.2, 0) is 0 Å². The van der Waals surface area contributed by atoms with Gasteiger partial charge >= 0.3 is 0 Å². The van der Waals surface area contributed by atoms with E-state index >= 15 is 0 Å². The van der Waals surface area contributed by atoms with E-state index in [1.807, 2.05) is 13.8 Å². The van der Waals surface area contributed by atoms with E-state index in [1.54, 1.807) is 6.07 Å². The largest absolute Gasteiger partial charge is 0.388 e. The van der Waals surface area contributed by atoms with Crippen LogP contribution in [0.2, 0.25) is 5.02 Å². The number of halogens is 2. The van der Waals surface area contributed by atoms with Gasteiger partial charge in [-0.15, -0.1) is 0 Å². The van der Waals surface area contributed by atoms with Crippen LogP contribution in [0.5, 0.6) is 0 Å². The van der Waals surface area contributed by atoms with Crippen molar-refractivity contribution in [2.24, 2.45) is 17.6 Å². The molecule has 0 heterocycles. The highest BCUT2D eigenvalue weighted by Gasteiger charge is 2.25. The van der Waals surface area contributed by atoms with E-state index in [2.05, 4.69) is 0 Å². The molecule has 0 radical (unpaired) electrons. The van der Waals surface area contributed by atoms with E-state index in [-0.39, 0.29) is 16.9 Å². The van der Waals surface area contributed by atoms with Gasteiger partial charge in [-0.05, 0) is 18.5 Å². The third-order valence-corrected chi connectivity index (χ3v) is 3.23. The van der Waals surface area contributed by atoms with Gasteiger partial charge in [0.2, 0.25) is 0 Å². The van der Waals surface area contributed by atoms with Crippen LogP contribution in [-0.4, -0.2) is 11.7 Å². The van der Waals surface area contributed by atoms with Crippen LogP contribution in [0, 0.1) is 17.7 Å². The molecule has 1 aromatic carbocycles. The van der Waals surface area contributed by atoms with Crippen LogP contribution in [0.1, 0.15) is 25.5 Å². The SMILES string of the molecule is CC(C)C(CN)C(O)c1cccc(F)c1Cl. The fourth-order valence-electron chi connectivity index (χ4n) is 1.75. The molecule has 1 rings (SSSR count). The van der Waals surface area contributed by atoms with E-state index in [0.29, 0.717) is 12.1 Å². The van der Waals surface area contributed by atoms with Crippen LogP contribution in [0.25, 0.3) is 0 Å². The van der Waals surface area contributed by atoms with Crippen LogP contribution in [0.4, 0.5) is 4.39 Å². The van der Waals surface area contributed by atoms with E-state index < -0.39 is 11.9 Å². The molecule has 0 aliphatic heterocycles. The maximum atomic E-state index is 13.2. The first-order valence-corrected chi connectivity index (χ1v) is 5.68. The smallest absolute Gasteiger partial charge is 0.142 e. The molecular weight excluding hydrogens is 229 g/mol. The number of benzene rings is 1. The zero-order chi connectivity index (χ0) is 12.3. The van der Waals surface area contributed by atoms with Crippen molar-refractivity contribution in [2.75, 3.05) is 6.54 Å². The Kier molecular flexibility index (Phi) is 4.71. The highest BCUT2D eigenvalue weighted by molar-refractivity contribution is 6.31. The summed E-state index contributed by atoms with van der Waals surface area (Å²) >= 11 is 5.82. The van der Waals surface area contributed by atoms with Gasteiger partial charge in [-0.3, -0.25) is 0 Å². The Bertz CT molecular complexity index is 357. The molecule has 0 spiro atoms. The molecule has 2 atom stereocenters. The van der Waals surface area contributed by atoms with Gasteiger partial charge in [0, 0.05) is 11.5 Å². The third kappa shape index (κ3) is 2.73. The zero-order valence-electron chi connectivity index (χ0n) is 9.45. The monoisotopic (exact) mass is 245 g/mol. The summed E-state index contributed by atoms with van der Waals surface area (Å²) in [5.74, 6) is -0.434. The van der Waals surface area contributed by atoms with E-state index in [1.165, 1.54) is 12.1 Å². The predicted octanol–water partition coefficient (Wildman–Crippen LogP) is 2.74. The minimum Gasteiger partial charge on any atom is -0.388 e. The lowest BCUT2D eigenvalue weighted by atomic mass is 9.86. The van der Waals surface area contributed by atoms with Gasteiger partial charge in [-0.1, -0.05) is 37.6 Å². The number of hydrogen-bond acceptors (Lipinski definition) is 2. The molecular formula is C12H17ClFNO. The topological polar surface area (TPSA) is 46.2 Å². The van der Waals surface area contributed by atoms with Crippen LogP contribution < -0.4 is 5.73 Å². The number of aliphatic hydroxyl groups is 1. The van der Waals surface area contributed by atoms with Crippen molar-refractivity contribution in [3.63, 3.8) is 0 Å². The van der Waals surface area contributed by atoms with Crippen LogP contribution >= 0.6 is 11.6 Å². The first-order valence-electron chi connectivity index (χ1n) is 5.31. The fraction of sp³-hybridized carbons (Fsp3) is 0.500. The number of hydrogen-bond donors (Lipinski definition) is 2. The van der Waals surface area contributed by atoms with Crippen molar-refractivity contribution < 1.29 is 9.50 Å². The Morgan fingerprint density at radius 3 is 2.56 bits per heavy atom. The second kappa shape index (κ2) is 5.62. The average Bonchev–Trinajstić information content (AvgIpc) is 2.22. The molecule has 3 N–H and O–H groups in total. The van der Waals surface area contributed by atoms with E-state index in [4.69, 9.17) is 17.3 Å². The van der Waals surface area contributed by atoms with Crippen molar-refractivity contribution in [3.05, 3.63) is 34.6 Å². The second-order valence-corrected chi connectivity index (χ2v) is 4.61. The third-order valence-electron chi connectivity index (χ3n) is 2.83. The molecule has 0 saturated carbocycles. The number of nitrogens with two attached hydrogens (primary N) is 1. The summed E-state index contributed by atoms with van der Waals surface area (Å²) in [6, 6.07) is 4.43. The zero-order valence-corrected chi connectivity index (χ0v) is 10.2. The highest BCUT2D eigenvalue weighted by atomic mass is 35.5. The minimum atomic E-state index is -0.826. The second-order valence-electron chi connectivity index (χ2n) is 4.23. The maximum Gasteiger partial charge on any atom is 0.142 e. The van der Waals surface area contributed by atoms with Crippen molar-refractivity contribution in [1.82, 2.24) is 0 Å². The van der Waals surface area contributed by atoms with Crippen LogP contribution in [0.3, 0.4) is 0 Å². The van der Waals surface area contributed by atoms with E-state index in [9.17, 15) is 9.50 Å². The normalized spacial score (nSPS) is 15.2. The number of rotatable bonds is 4. The molecule has 90 valence electrons. The van der Waals surface area contributed by atoms with Crippen molar-refractivity contribution >= 4 is 11.6 Å². The lowest BCUT2D eigenvalue weighted by Crippen LogP contribution is -2.27. The van der Waals surface area contributed by atoms with Gasteiger partial charge in [0.25, 0.3) is 0 Å². The summed E-state index contributed by atoms with van der Waals surface area (Å²) < 4.78 is 13.2. The molecule has 0 aliphatic rings. The van der Waals surface area contributed by atoms with Gasteiger partial charge in [-0.25, -0.2) is 4.39 Å². The Labute approximate surface area is 100 Å². The maximum absolute atomic E-state index is 13.2. The summed E-state index contributed by atoms with van der Waals surface area (Å²) in [5.41, 5.74) is 6.01. The molecule has 16 heavy (non-hydrogen) atoms. The fourth-order valence-corrected chi connectivity index (χ4v) is 1.98. The molecule has 2 nitrogen and oxygen atoms in total. The van der Waals surface area contributed by atoms with Crippen molar-refractivity contribution in [1.29, 1.82) is 0 Å². The molecule has 2 unspecified atom stereocenters. The molecule has 0 amide bonds. The molecule has 4 heteroatoms. The molecule has 0 bridgehead atoms. The van der Waals surface area contributed by atoms with Crippen LogP contribution in [0.15, 0.2) is 18.2 Å². The van der Waals surface area contributed by atoms with Gasteiger partial charge in [0.15, 0.2) is 0 Å². The summed E-state index contributed by atoms with van der Waals surface area (Å²) in [7, 11) is 0. The van der Waals surface area contributed by atoms with Gasteiger partial charge in [-0.2, -0.15) is 0 Å². The van der Waals surface area contributed by atoms with Gasteiger partial charge in [0.1, 0.15) is 5.82 Å². The molecule has 0 aliphatic carbocycles. The summed E-state index contributed by atoms with van der Waals surface area (Å²) in [5, 5.41) is 10.1. The average molecular weight is 246 g/mol. The van der Waals surface area contributed by atoms with Gasteiger partial charge in [0.05, 0.1) is 11.1 Å². The lowest BCUT2D eigenvalue weighted by molar-refractivity contribution is 0.0859. The standard InChI is InChI=1S/C12H17ClFNO/c1-7(2)9(6-15)12(16)8-4-3-5-10(14)11(8)13/h3-5,7,9,12,16H,6,15H2,1-2H3. The Morgan fingerprint density at radius 2 is 2.06 bits per heavy atom. The Morgan fingerprint density at radius 1 is 1.44 bits per heavy atom. The van der Waals surface area contributed by atoms with E-state index in [0.717, 1.165) is 0 Å². The number of aliphatic hydroxyl groups excluding tert-OH is 1. The molecule has 0 fully saturated rings. The summed E-state index contributed by atoms with van der Waals surface area (Å²) in [6.07, 6.45) is -0.826. The van der Waals surface area contributed by atoms with Gasteiger partial charge < -0.3 is 10.8 Å². The first-order chi connectivity index (χ1) is 7.49. The Hall–Kier alpha value is -0.640. The quantitative estimate of drug-likeness (QED) is 0.857. The molecule has 0 aromatic heterocycles. The summed E-state index contributed by atoms with van der Waals surface area (Å²) in [4.78, 5) is 0. The minimum absolute atomic E-state index is 0.0194. The molecule has 1 aromatic rings. The first kappa shape index (κ1) is 13.4. The highest BCUT2D eigenvalue weighted by Crippen LogP contribution is 2.32. The lowest BCUT2D eigenvalue weighted by Gasteiger charge is -2.25. The van der Waals surface area contributed by atoms with Crippen molar-refractivity contribution in [2.45, 2.75) is 20.0 Å².